The number of carbonyl (C=O) groups is 2. The fraction of sp³-hybridized carbons (Fsp3) is 0.810. The predicted molar refractivity (Wildman–Crippen MR) is 106 cm³/mol. The molecule has 4 nitrogen and oxygen atoms in total. The molecule has 51 heavy (non-hydrogen) atoms. The highest BCUT2D eigenvalue weighted by Gasteiger charge is 2.93. The van der Waals surface area contributed by atoms with Crippen LogP contribution in [0.1, 0.15) is 20.3 Å². The average Bonchev–Trinajstić information content (AvgIpc) is 2.90. The van der Waals surface area contributed by atoms with Crippen molar-refractivity contribution in [2.75, 3.05) is 0 Å². The highest BCUT2D eigenvalue weighted by Crippen LogP contribution is 2.62. The second kappa shape index (κ2) is 13.1. The van der Waals surface area contributed by atoms with Crippen molar-refractivity contribution in [3.63, 3.8) is 0 Å². The van der Waals surface area contributed by atoms with Crippen LogP contribution in [0.2, 0.25) is 0 Å². The van der Waals surface area contributed by atoms with E-state index in [1.807, 2.05) is 0 Å². The first-order chi connectivity index (χ1) is 21.7. The molecule has 0 radical (unpaired) electrons. The van der Waals surface area contributed by atoms with Crippen molar-refractivity contribution < 1.29 is 133 Å². The number of halogens is 26. The average molecular weight is 822 g/mol. The van der Waals surface area contributed by atoms with Gasteiger partial charge in [0, 0.05) is 5.57 Å². The van der Waals surface area contributed by atoms with E-state index in [1.165, 1.54) is 0 Å². The SMILES string of the molecule is C=C(CC(=O)OC(C)C(F)(F)C(F)(F)C(F)(F)C(F)(F)C(F)(F)C(F)(F)F)C(=O)OC(C)C(F)(F)C(F)(F)C(F)(F)C(F)(F)C(F)(F)C(F)(F)F. The van der Waals surface area contributed by atoms with Crippen LogP contribution in [0.15, 0.2) is 12.2 Å². The number of hydrogen-bond acceptors (Lipinski definition) is 4. The summed E-state index contributed by atoms with van der Waals surface area (Å²) in [6.45, 7) is 0.976. The van der Waals surface area contributed by atoms with Crippen LogP contribution < -0.4 is 0 Å². The monoisotopic (exact) mass is 822 g/mol. The van der Waals surface area contributed by atoms with Gasteiger partial charge in [0.1, 0.15) is 0 Å². The third-order valence-corrected chi connectivity index (χ3v) is 6.17. The Labute approximate surface area is 262 Å². The molecule has 0 heterocycles. The van der Waals surface area contributed by atoms with Gasteiger partial charge in [0.25, 0.3) is 0 Å². The van der Waals surface area contributed by atoms with Crippen LogP contribution in [0.25, 0.3) is 0 Å². The van der Waals surface area contributed by atoms with Gasteiger partial charge in [-0.05, 0) is 13.8 Å². The molecule has 2 atom stereocenters. The molecule has 0 fully saturated rings. The van der Waals surface area contributed by atoms with Gasteiger partial charge in [-0.3, -0.25) is 4.79 Å². The lowest BCUT2D eigenvalue weighted by molar-refractivity contribution is -0.443. The van der Waals surface area contributed by atoms with Crippen LogP contribution in [0.3, 0.4) is 0 Å². The molecule has 0 aromatic carbocycles. The zero-order valence-electron chi connectivity index (χ0n) is 23.5. The molecular formula is C21H12F26O4. The topological polar surface area (TPSA) is 52.6 Å². The Kier molecular flexibility index (Phi) is 12.3. The van der Waals surface area contributed by atoms with Crippen molar-refractivity contribution in [2.24, 2.45) is 0 Å². The second-order valence-corrected chi connectivity index (χ2v) is 9.80. The van der Waals surface area contributed by atoms with Crippen LogP contribution in [0.5, 0.6) is 0 Å². The minimum Gasteiger partial charge on any atom is -0.456 e. The summed E-state index contributed by atoms with van der Waals surface area (Å²) in [7, 11) is 0. The van der Waals surface area contributed by atoms with E-state index >= 15 is 0 Å². The Morgan fingerprint density at radius 1 is 0.431 bits per heavy atom. The number of rotatable bonds is 15. The van der Waals surface area contributed by atoms with E-state index < -0.39 is 122 Å². The summed E-state index contributed by atoms with van der Waals surface area (Å²) < 4.78 is 350. The molecule has 30 heteroatoms. The van der Waals surface area contributed by atoms with Crippen LogP contribution in [0, 0.1) is 0 Å². The number of hydrogen-bond donors (Lipinski definition) is 0. The minimum absolute atomic E-state index is 0.675. The van der Waals surface area contributed by atoms with E-state index in [1.54, 1.807) is 0 Å². The van der Waals surface area contributed by atoms with Gasteiger partial charge in [-0.15, -0.1) is 0 Å². The first-order valence-electron chi connectivity index (χ1n) is 11.7. The van der Waals surface area contributed by atoms with Gasteiger partial charge in [-0.1, -0.05) is 6.58 Å². The molecule has 0 saturated carbocycles. The van der Waals surface area contributed by atoms with Gasteiger partial charge < -0.3 is 9.47 Å². The summed E-state index contributed by atoms with van der Waals surface area (Å²) >= 11 is 0. The summed E-state index contributed by atoms with van der Waals surface area (Å²) in [5.41, 5.74) is -1.99. The molecule has 0 aliphatic rings. The van der Waals surface area contributed by atoms with Crippen LogP contribution in [-0.4, -0.2) is 95.7 Å². The first kappa shape index (κ1) is 47.9. The fourth-order valence-corrected chi connectivity index (χ4v) is 2.95. The third kappa shape index (κ3) is 7.15. The number of ether oxygens (including phenoxy) is 2. The molecule has 2 unspecified atom stereocenters. The van der Waals surface area contributed by atoms with Gasteiger partial charge in [0.05, 0.1) is 6.42 Å². The van der Waals surface area contributed by atoms with E-state index in [2.05, 4.69) is 16.1 Å². The number of esters is 2. The van der Waals surface area contributed by atoms with Crippen molar-refractivity contribution in [3.8, 4) is 0 Å². The summed E-state index contributed by atoms with van der Waals surface area (Å²) in [5.74, 6) is -85.7. The highest BCUT2D eigenvalue weighted by atomic mass is 19.4. The van der Waals surface area contributed by atoms with E-state index in [0.717, 1.165) is 0 Å². The molecule has 0 aliphatic heterocycles. The molecule has 0 aromatic rings. The quantitative estimate of drug-likeness (QED) is 0.0940. The van der Waals surface area contributed by atoms with E-state index in [0.29, 0.717) is 0 Å². The van der Waals surface area contributed by atoms with Gasteiger partial charge in [-0.2, -0.15) is 114 Å². The zero-order chi connectivity index (χ0) is 42.0. The maximum Gasteiger partial charge on any atom is 0.460 e. The highest BCUT2D eigenvalue weighted by molar-refractivity contribution is 5.93. The normalized spacial score (nSPS) is 16.8. The minimum atomic E-state index is -8.39. The predicted octanol–water partition coefficient (Wildman–Crippen LogP) is 9.27. The van der Waals surface area contributed by atoms with Crippen LogP contribution in [-0.2, 0) is 19.1 Å². The zero-order valence-corrected chi connectivity index (χ0v) is 23.5. The van der Waals surface area contributed by atoms with Gasteiger partial charge >= 0.3 is 83.5 Å². The standard InChI is InChI=1S/C21H12F26O4/c1-5(9(49)51-7(3)11(24,25)13(28,29)15(32,33)17(36,37)19(40,41)21(45,46)47)4-8(48)50-6(2)10(22,23)12(26,27)14(30,31)16(34,35)18(38,39)20(42,43)44/h6-7H,1,4H2,2-3H3. The smallest absolute Gasteiger partial charge is 0.456 e. The van der Waals surface area contributed by atoms with Crippen molar-refractivity contribution in [2.45, 2.75) is 104 Å². The summed E-state index contributed by atoms with van der Waals surface area (Å²) in [6, 6.07) is 0. The summed E-state index contributed by atoms with van der Waals surface area (Å²) in [6.07, 6.45) is -26.6. The van der Waals surface area contributed by atoms with Crippen LogP contribution >= 0.6 is 0 Å². The largest absolute Gasteiger partial charge is 0.460 e. The molecule has 0 amide bonds. The lowest BCUT2D eigenvalue weighted by atomic mass is 9.92. The van der Waals surface area contributed by atoms with Crippen molar-refractivity contribution in [3.05, 3.63) is 12.2 Å². The maximum atomic E-state index is 14.1. The molecule has 0 aliphatic carbocycles. The van der Waals surface area contributed by atoms with Gasteiger partial charge in [0.2, 0.25) is 0 Å². The third-order valence-electron chi connectivity index (χ3n) is 6.17. The van der Waals surface area contributed by atoms with E-state index in [9.17, 15) is 124 Å². The Morgan fingerprint density at radius 2 is 0.667 bits per heavy atom. The molecule has 0 rings (SSSR count). The van der Waals surface area contributed by atoms with Gasteiger partial charge in [0.15, 0.2) is 12.2 Å². The molecule has 302 valence electrons. The van der Waals surface area contributed by atoms with Crippen LogP contribution in [0.4, 0.5) is 114 Å². The van der Waals surface area contributed by atoms with E-state index in [4.69, 9.17) is 0 Å². The molecule has 0 bridgehead atoms. The Bertz CT molecular complexity index is 1310. The summed E-state index contributed by atoms with van der Waals surface area (Å²) in [4.78, 5) is 23.4. The van der Waals surface area contributed by atoms with Crippen molar-refractivity contribution >= 4 is 11.9 Å². The van der Waals surface area contributed by atoms with Gasteiger partial charge in [-0.25, -0.2) is 4.79 Å². The lowest BCUT2D eigenvalue weighted by Crippen LogP contribution is -2.71. The molecule has 0 N–H and O–H groups in total. The lowest BCUT2D eigenvalue weighted by Gasteiger charge is -2.41. The van der Waals surface area contributed by atoms with Crippen molar-refractivity contribution in [1.29, 1.82) is 0 Å². The second-order valence-electron chi connectivity index (χ2n) is 9.80. The van der Waals surface area contributed by atoms with Crippen molar-refractivity contribution in [1.82, 2.24) is 0 Å². The Hall–Kier alpha value is -3.14. The fourth-order valence-electron chi connectivity index (χ4n) is 2.95. The number of carbonyl (C=O) groups excluding carboxylic acids is 2. The summed E-state index contributed by atoms with van der Waals surface area (Å²) in [5, 5.41) is 0. The molecular weight excluding hydrogens is 810 g/mol. The first-order valence-corrected chi connectivity index (χ1v) is 11.7. The molecule has 0 saturated heterocycles. The van der Waals surface area contributed by atoms with E-state index in [-0.39, 0.29) is 0 Å². The Balaban J connectivity index is 6.12. The number of alkyl halides is 26. The maximum absolute atomic E-state index is 14.1. The Morgan fingerprint density at radius 3 is 0.922 bits per heavy atom. The molecule has 0 aromatic heterocycles. The molecule has 0 spiro atoms.